The maximum absolute atomic E-state index is 12.9. The number of para-hydroxylation sites is 2. The van der Waals surface area contributed by atoms with Gasteiger partial charge in [-0.25, -0.2) is 0 Å². The van der Waals surface area contributed by atoms with Crippen molar-refractivity contribution < 1.29 is 9.53 Å². The molecule has 4 rings (SSSR count). The molecule has 0 radical (unpaired) electrons. The largest absolute Gasteiger partial charge is 0.483 e. The van der Waals surface area contributed by atoms with E-state index in [4.69, 9.17) is 4.74 Å². The van der Waals surface area contributed by atoms with E-state index in [9.17, 15) is 4.79 Å². The number of aryl methyl sites for hydroxylation is 1. The Morgan fingerprint density at radius 2 is 1.90 bits per heavy atom. The van der Waals surface area contributed by atoms with Crippen LogP contribution in [0.25, 0.3) is 0 Å². The fraction of sp³-hybridized carbons (Fsp3) is 0.348. The number of rotatable bonds is 7. The van der Waals surface area contributed by atoms with Gasteiger partial charge in [0.05, 0.1) is 5.75 Å². The van der Waals surface area contributed by atoms with E-state index in [1.54, 1.807) is 0 Å². The highest BCUT2D eigenvalue weighted by Crippen LogP contribution is 2.29. The lowest BCUT2D eigenvalue weighted by atomic mass is 10.0. The molecule has 156 valence electrons. The third-order valence-corrected chi connectivity index (χ3v) is 6.17. The third-order valence-electron chi connectivity index (χ3n) is 5.22. The van der Waals surface area contributed by atoms with Crippen LogP contribution in [0.3, 0.4) is 0 Å². The molecule has 2 aromatic carbocycles. The highest BCUT2D eigenvalue weighted by Gasteiger charge is 2.24. The van der Waals surface area contributed by atoms with Crippen LogP contribution < -0.4 is 9.64 Å². The number of fused-ring (bicyclic) bond motifs is 1. The zero-order valence-corrected chi connectivity index (χ0v) is 18.1. The van der Waals surface area contributed by atoms with Gasteiger partial charge in [0.1, 0.15) is 5.75 Å². The highest BCUT2D eigenvalue weighted by molar-refractivity contribution is 7.99. The fourth-order valence-electron chi connectivity index (χ4n) is 3.76. The standard InChI is InChI=1S/C23H26N4O2S/c1-3-26-22(17(2)29-19-12-5-4-6-13-19)24-25-23(26)30-16-21(28)27-15-9-11-18-10-7-8-14-20(18)27/h4-8,10,12-14,17H,3,9,11,15-16H2,1-2H3/t17-/m0/s1. The van der Waals surface area contributed by atoms with Crippen LogP contribution in [0.1, 0.15) is 37.8 Å². The SMILES string of the molecule is CCn1c(SCC(=O)N2CCCc3ccccc32)nnc1[C@H](C)Oc1ccccc1. The monoisotopic (exact) mass is 422 g/mol. The van der Waals surface area contributed by atoms with Gasteiger partial charge in [-0.2, -0.15) is 0 Å². The van der Waals surface area contributed by atoms with Crippen LogP contribution in [0.15, 0.2) is 59.8 Å². The third kappa shape index (κ3) is 4.36. The number of benzene rings is 2. The molecule has 1 aliphatic rings. The van der Waals surface area contributed by atoms with Gasteiger partial charge in [0.2, 0.25) is 5.91 Å². The van der Waals surface area contributed by atoms with Crippen molar-refractivity contribution >= 4 is 23.4 Å². The van der Waals surface area contributed by atoms with E-state index in [2.05, 4.69) is 23.2 Å². The Labute approximate surface area is 181 Å². The number of anilines is 1. The van der Waals surface area contributed by atoms with Crippen molar-refractivity contribution in [1.29, 1.82) is 0 Å². The molecular formula is C23H26N4O2S. The molecule has 1 aliphatic heterocycles. The van der Waals surface area contributed by atoms with Gasteiger partial charge in [0.15, 0.2) is 17.1 Å². The van der Waals surface area contributed by atoms with Gasteiger partial charge in [0, 0.05) is 18.8 Å². The molecule has 7 heteroatoms. The van der Waals surface area contributed by atoms with Crippen molar-refractivity contribution in [2.75, 3.05) is 17.2 Å². The summed E-state index contributed by atoms with van der Waals surface area (Å²) in [6.07, 6.45) is 1.79. The van der Waals surface area contributed by atoms with Crippen LogP contribution in [0.5, 0.6) is 5.75 Å². The molecule has 0 unspecified atom stereocenters. The van der Waals surface area contributed by atoms with Gasteiger partial charge in [-0.15, -0.1) is 10.2 Å². The smallest absolute Gasteiger partial charge is 0.237 e. The minimum Gasteiger partial charge on any atom is -0.483 e. The Kier molecular flexibility index (Phi) is 6.38. The van der Waals surface area contributed by atoms with Gasteiger partial charge in [0.25, 0.3) is 0 Å². The number of amides is 1. The number of nitrogens with zero attached hydrogens (tertiary/aromatic N) is 4. The summed E-state index contributed by atoms with van der Waals surface area (Å²) in [7, 11) is 0. The number of hydrogen-bond donors (Lipinski definition) is 0. The summed E-state index contributed by atoms with van der Waals surface area (Å²) in [5.74, 6) is 2.00. The normalized spacial score (nSPS) is 14.3. The van der Waals surface area contributed by atoms with Crippen LogP contribution in [-0.4, -0.2) is 33.0 Å². The molecule has 3 aromatic rings. The first kappa shape index (κ1) is 20.5. The maximum Gasteiger partial charge on any atom is 0.237 e. The van der Waals surface area contributed by atoms with Crippen LogP contribution in [0.4, 0.5) is 5.69 Å². The predicted octanol–water partition coefficient (Wildman–Crippen LogP) is 4.51. The second-order valence-electron chi connectivity index (χ2n) is 7.22. The van der Waals surface area contributed by atoms with Crippen molar-refractivity contribution in [2.24, 2.45) is 0 Å². The summed E-state index contributed by atoms with van der Waals surface area (Å²) in [6.45, 7) is 5.50. The fourth-order valence-corrected chi connectivity index (χ4v) is 4.64. The summed E-state index contributed by atoms with van der Waals surface area (Å²) < 4.78 is 8.03. The minimum atomic E-state index is -0.237. The molecule has 0 aliphatic carbocycles. The van der Waals surface area contributed by atoms with Crippen LogP contribution in [0, 0.1) is 0 Å². The maximum atomic E-state index is 12.9. The van der Waals surface area contributed by atoms with Gasteiger partial charge < -0.3 is 14.2 Å². The quantitative estimate of drug-likeness (QED) is 0.524. The molecule has 2 heterocycles. The topological polar surface area (TPSA) is 60.2 Å². The first-order valence-corrected chi connectivity index (χ1v) is 11.3. The predicted molar refractivity (Wildman–Crippen MR) is 119 cm³/mol. The summed E-state index contributed by atoms with van der Waals surface area (Å²) >= 11 is 1.44. The minimum absolute atomic E-state index is 0.105. The van der Waals surface area contributed by atoms with Crippen LogP contribution >= 0.6 is 11.8 Å². The molecule has 0 bridgehead atoms. The van der Waals surface area contributed by atoms with E-state index in [1.807, 2.05) is 64.9 Å². The van der Waals surface area contributed by atoms with Gasteiger partial charge >= 0.3 is 0 Å². The number of aromatic nitrogens is 3. The first-order chi connectivity index (χ1) is 14.7. The lowest BCUT2D eigenvalue weighted by Crippen LogP contribution is -2.36. The van der Waals surface area contributed by atoms with Crippen LogP contribution in [0.2, 0.25) is 0 Å². The Morgan fingerprint density at radius 1 is 1.13 bits per heavy atom. The second-order valence-corrected chi connectivity index (χ2v) is 8.17. The Balaban J connectivity index is 1.44. The summed E-state index contributed by atoms with van der Waals surface area (Å²) in [5.41, 5.74) is 2.28. The Bertz CT molecular complexity index is 1010. The number of carbonyl (C=O) groups is 1. The van der Waals surface area contributed by atoms with Crippen molar-refractivity contribution in [3.05, 3.63) is 66.0 Å². The summed E-state index contributed by atoms with van der Waals surface area (Å²) in [4.78, 5) is 14.8. The number of ether oxygens (including phenoxy) is 1. The first-order valence-electron chi connectivity index (χ1n) is 10.3. The lowest BCUT2D eigenvalue weighted by Gasteiger charge is -2.29. The van der Waals surface area contributed by atoms with Crippen molar-refractivity contribution in [2.45, 2.75) is 44.5 Å². The average Bonchev–Trinajstić information content (AvgIpc) is 3.21. The Morgan fingerprint density at radius 3 is 2.70 bits per heavy atom. The highest BCUT2D eigenvalue weighted by atomic mass is 32.2. The number of carbonyl (C=O) groups excluding carboxylic acids is 1. The van der Waals surface area contributed by atoms with Crippen molar-refractivity contribution in [3.8, 4) is 5.75 Å². The van der Waals surface area contributed by atoms with E-state index < -0.39 is 0 Å². The molecule has 0 saturated carbocycles. The van der Waals surface area contributed by atoms with E-state index >= 15 is 0 Å². The van der Waals surface area contributed by atoms with E-state index in [0.717, 1.165) is 41.8 Å². The molecular weight excluding hydrogens is 396 g/mol. The van der Waals surface area contributed by atoms with Gasteiger partial charge in [-0.05, 0) is 50.5 Å². The average molecular weight is 423 g/mol. The van der Waals surface area contributed by atoms with Crippen LogP contribution in [-0.2, 0) is 17.8 Å². The molecule has 1 atom stereocenters. The van der Waals surface area contributed by atoms with E-state index in [1.165, 1.54) is 17.3 Å². The summed E-state index contributed by atoms with van der Waals surface area (Å²) in [5, 5.41) is 9.43. The lowest BCUT2D eigenvalue weighted by molar-refractivity contribution is -0.116. The second kappa shape index (κ2) is 9.34. The molecule has 1 amide bonds. The number of hydrogen-bond acceptors (Lipinski definition) is 5. The zero-order valence-electron chi connectivity index (χ0n) is 17.3. The van der Waals surface area contributed by atoms with E-state index in [-0.39, 0.29) is 12.0 Å². The number of thioether (sulfide) groups is 1. The summed E-state index contributed by atoms with van der Waals surface area (Å²) in [6, 6.07) is 17.9. The molecule has 6 nitrogen and oxygen atoms in total. The van der Waals surface area contributed by atoms with Gasteiger partial charge in [-0.3, -0.25) is 4.79 Å². The molecule has 0 fully saturated rings. The molecule has 0 N–H and O–H groups in total. The van der Waals surface area contributed by atoms with E-state index in [0.29, 0.717) is 12.3 Å². The molecule has 30 heavy (non-hydrogen) atoms. The molecule has 1 aromatic heterocycles. The van der Waals surface area contributed by atoms with Gasteiger partial charge in [-0.1, -0.05) is 48.2 Å². The molecule has 0 saturated heterocycles. The Hall–Kier alpha value is -2.80. The molecule has 0 spiro atoms. The van der Waals surface area contributed by atoms with Crippen molar-refractivity contribution in [1.82, 2.24) is 14.8 Å². The zero-order chi connectivity index (χ0) is 20.9. The van der Waals surface area contributed by atoms with Crippen molar-refractivity contribution in [3.63, 3.8) is 0 Å².